The lowest BCUT2D eigenvalue weighted by Crippen LogP contribution is -2.21. The van der Waals surface area contributed by atoms with E-state index in [1.165, 1.54) is 0 Å². The third-order valence-electron chi connectivity index (χ3n) is 4.51. The topological polar surface area (TPSA) is 75.2 Å². The summed E-state index contributed by atoms with van der Waals surface area (Å²) < 4.78 is 18.6. The summed E-state index contributed by atoms with van der Waals surface area (Å²) in [4.78, 5) is 5.43. The molecule has 0 bridgehead atoms. The van der Waals surface area contributed by atoms with Crippen molar-refractivity contribution in [3.05, 3.63) is 59.1 Å². The Hall–Kier alpha value is -2.97. The molecule has 1 aliphatic heterocycles. The number of rotatable bonds is 4. The molecule has 0 amide bonds. The van der Waals surface area contributed by atoms with Gasteiger partial charge in [0.15, 0.2) is 5.69 Å². The zero-order valence-electron chi connectivity index (χ0n) is 14.5. The van der Waals surface area contributed by atoms with E-state index in [4.69, 9.17) is 14.0 Å². The van der Waals surface area contributed by atoms with E-state index < -0.39 is 0 Å². The Morgan fingerprint density at radius 1 is 1.22 bits per heavy atom. The number of ether oxygens (including phenoxy) is 2. The molecule has 0 unspecified atom stereocenters. The molecule has 0 aliphatic carbocycles. The molecule has 1 aliphatic rings. The van der Waals surface area contributed by atoms with Crippen molar-refractivity contribution in [1.82, 2.24) is 19.9 Å². The third kappa shape index (κ3) is 3.02. The van der Waals surface area contributed by atoms with Crippen molar-refractivity contribution < 1.29 is 14.0 Å². The summed E-state index contributed by atoms with van der Waals surface area (Å²) in [6, 6.07) is 13.8. The average molecular weight is 380 g/mol. The largest absolute Gasteiger partial charge is 0.497 e. The number of methoxy groups -OCH3 is 1. The molecule has 4 aromatic rings. The van der Waals surface area contributed by atoms with Crippen molar-refractivity contribution in [2.75, 3.05) is 7.11 Å². The summed E-state index contributed by atoms with van der Waals surface area (Å²) in [5, 5.41) is 10.7. The molecule has 0 N–H and O–H groups in total. The first-order valence-electron chi connectivity index (χ1n) is 8.50. The molecule has 0 saturated carbocycles. The molecule has 1 atom stereocenters. The second-order valence-corrected chi connectivity index (χ2v) is 7.12. The second-order valence-electron chi connectivity index (χ2n) is 6.18. The van der Waals surface area contributed by atoms with Gasteiger partial charge in [0.2, 0.25) is 5.82 Å². The minimum absolute atomic E-state index is 0.0551. The van der Waals surface area contributed by atoms with E-state index in [-0.39, 0.29) is 6.10 Å². The van der Waals surface area contributed by atoms with Crippen molar-refractivity contribution in [2.24, 2.45) is 0 Å². The summed E-state index contributed by atoms with van der Waals surface area (Å²) in [7, 11) is 1.66. The minimum atomic E-state index is -0.0551. The SMILES string of the molecule is COc1ccc([C@H]2Cn3nc(-c4nc(-c5cccs5)no4)cc3CO2)cc1. The van der Waals surface area contributed by atoms with Gasteiger partial charge in [0.1, 0.15) is 11.9 Å². The molecule has 4 heterocycles. The zero-order chi connectivity index (χ0) is 18.2. The molecule has 3 aromatic heterocycles. The first-order chi connectivity index (χ1) is 13.3. The summed E-state index contributed by atoms with van der Waals surface area (Å²) in [5.41, 5.74) is 2.75. The van der Waals surface area contributed by atoms with Gasteiger partial charge in [0, 0.05) is 0 Å². The molecule has 0 saturated heterocycles. The van der Waals surface area contributed by atoms with Crippen LogP contribution in [0.2, 0.25) is 0 Å². The van der Waals surface area contributed by atoms with E-state index in [2.05, 4.69) is 15.2 Å². The van der Waals surface area contributed by atoms with E-state index in [1.807, 2.05) is 52.5 Å². The number of hydrogen-bond acceptors (Lipinski definition) is 7. The Labute approximate surface area is 159 Å². The van der Waals surface area contributed by atoms with E-state index in [9.17, 15) is 0 Å². The van der Waals surface area contributed by atoms with Crippen molar-refractivity contribution in [1.29, 1.82) is 0 Å². The van der Waals surface area contributed by atoms with Crippen molar-refractivity contribution in [3.8, 4) is 28.0 Å². The van der Waals surface area contributed by atoms with Crippen LogP contribution in [0.25, 0.3) is 22.3 Å². The molecule has 136 valence electrons. The predicted molar refractivity (Wildman–Crippen MR) is 99.4 cm³/mol. The standard InChI is InChI=1S/C19H16N4O3S/c1-24-14-6-4-12(5-7-14)16-10-23-13(11-25-16)9-15(21-23)19-20-18(22-26-19)17-3-2-8-27-17/h2-9,16H,10-11H2,1H3/t16-/m1/s1. The normalized spacial score (nSPS) is 16.3. The van der Waals surface area contributed by atoms with Gasteiger partial charge >= 0.3 is 0 Å². The van der Waals surface area contributed by atoms with Gasteiger partial charge in [-0.05, 0) is 35.2 Å². The monoisotopic (exact) mass is 380 g/mol. The summed E-state index contributed by atoms with van der Waals surface area (Å²) in [5.74, 6) is 1.83. The molecular weight excluding hydrogens is 364 g/mol. The summed E-state index contributed by atoms with van der Waals surface area (Å²) in [6.07, 6.45) is -0.0551. The van der Waals surface area contributed by atoms with Gasteiger partial charge in [0.25, 0.3) is 5.89 Å². The Balaban J connectivity index is 1.38. The molecule has 27 heavy (non-hydrogen) atoms. The van der Waals surface area contributed by atoms with Crippen LogP contribution in [0.4, 0.5) is 0 Å². The van der Waals surface area contributed by atoms with Crippen LogP contribution in [0.1, 0.15) is 17.4 Å². The van der Waals surface area contributed by atoms with Crippen molar-refractivity contribution >= 4 is 11.3 Å². The maximum absolute atomic E-state index is 6.01. The molecule has 0 radical (unpaired) electrons. The van der Waals surface area contributed by atoms with Crippen LogP contribution in [0.3, 0.4) is 0 Å². The number of hydrogen-bond donors (Lipinski definition) is 0. The number of benzene rings is 1. The summed E-state index contributed by atoms with van der Waals surface area (Å²) in [6.45, 7) is 1.11. The maximum Gasteiger partial charge on any atom is 0.278 e. The lowest BCUT2D eigenvalue weighted by atomic mass is 10.1. The average Bonchev–Trinajstić information content (AvgIpc) is 3.46. The fourth-order valence-electron chi connectivity index (χ4n) is 3.08. The fraction of sp³-hybridized carbons (Fsp3) is 0.211. The Morgan fingerprint density at radius 2 is 2.11 bits per heavy atom. The summed E-state index contributed by atoms with van der Waals surface area (Å²) >= 11 is 1.57. The van der Waals surface area contributed by atoms with Gasteiger partial charge in [-0.2, -0.15) is 10.1 Å². The highest BCUT2D eigenvalue weighted by Crippen LogP contribution is 2.30. The van der Waals surface area contributed by atoms with Gasteiger partial charge in [-0.15, -0.1) is 11.3 Å². The van der Waals surface area contributed by atoms with E-state index in [0.29, 0.717) is 30.6 Å². The molecular formula is C19H16N4O3S. The molecule has 7 nitrogen and oxygen atoms in total. The highest BCUT2D eigenvalue weighted by atomic mass is 32.1. The van der Waals surface area contributed by atoms with Crippen molar-refractivity contribution in [3.63, 3.8) is 0 Å². The van der Waals surface area contributed by atoms with Crippen LogP contribution in [0, 0.1) is 0 Å². The van der Waals surface area contributed by atoms with Gasteiger partial charge in [-0.25, -0.2) is 0 Å². The molecule has 0 spiro atoms. The van der Waals surface area contributed by atoms with Crippen LogP contribution in [0.15, 0.2) is 52.4 Å². The number of aromatic nitrogens is 4. The molecule has 5 rings (SSSR count). The first-order valence-corrected chi connectivity index (χ1v) is 9.38. The number of nitrogens with zero attached hydrogens (tertiary/aromatic N) is 4. The van der Waals surface area contributed by atoms with Crippen LogP contribution < -0.4 is 4.74 Å². The quantitative estimate of drug-likeness (QED) is 0.534. The number of fused-ring (bicyclic) bond motifs is 1. The van der Waals surface area contributed by atoms with E-state index in [1.54, 1.807) is 18.4 Å². The smallest absolute Gasteiger partial charge is 0.278 e. The Kier molecular flexibility index (Phi) is 3.99. The van der Waals surface area contributed by atoms with Crippen LogP contribution in [-0.2, 0) is 17.9 Å². The van der Waals surface area contributed by atoms with Crippen LogP contribution in [-0.4, -0.2) is 27.0 Å². The maximum atomic E-state index is 6.01. The lowest BCUT2D eigenvalue weighted by Gasteiger charge is -2.24. The number of thiophene rings is 1. The van der Waals surface area contributed by atoms with E-state index in [0.717, 1.165) is 21.9 Å². The minimum Gasteiger partial charge on any atom is -0.497 e. The lowest BCUT2D eigenvalue weighted by molar-refractivity contribution is -0.00115. The molecule has 8 heteroatoms. The second kappa shape index (κ2) is 6.64. The molecule has 1 aromatic carbocycles. The van der Waals surface area contributed by atoms with Crippen LogP contribution in [0.5, 0.6) is 5.75 Å². The van der Waals surface area contributed by atoms with Gasteiger partial charge in [-0.3, -0.25) is 4.68 Å². The Bertz CT molecular complexity index is 1050. The first kappa shape index (κ1) is 16.2. The van der Waals surface area contributed by atoms with Gasteiger partial charge < -0.3 is 14.0 Å². The third-order valence-corrected chi connectivity index (χ3v) is 5.37. The molecule has 0 fully saturated rings. The van der Waals surface area contributed by atoms with Gasteiger partial charge in [-0.1, -0.05) is 23.4 Å². The van der Waals surface area contributed by atoms with Crippen molar-refractivity contribution in [2.45, 2.75) is 19.3 Å². The predicted octanol–water partition coefficient (Wildman–Crippen LogP) is 3.94. The van der Waals surface area contributed by atoms with Gasteiger partial charge in [0.05, 0.1) is 30.8 Å². The Morgan fingerprint density at radius 3 is 2.89 bits per heavy atom. The van der Waals surface area contributed by atoms with E-state index >= 15 is 0 Å². The van der Waals surface area contributed by atoms with Crippen LogP contribution >= 0.6 is 11.3 Å². The highest BCUT2D eigenvalue weighted by Gasteiger charge is 2.24. The fourth-order valence-corrected chi connectivity index (χ4v) is 3.73. The highest BCUT2D eigenvalue weighted by molar-refractivity contribution is 7.13. The zero-order valence-corrected chi connectivity index (χ0v) is 15.3.